The van der Waals surface area contributed by atoms with Gasteiger partial charge < -0.3 is 13.6 Å². The summed E-state index contributed by atoms with van der Waals surface area (Å²) in [5.41, 5.74) is 2.29. The highest BCUT2D eigenvalue weighted by Crippen LogP contribution is 2.55. The third kappa shape index (κ3) is 7.61. The van der Waals surface area contributed by atoms with Crippen LogP contribution in [0.5, 0.6) is 0 Å². The van der Waals surface area contributed by atoms with E-state index in [1.807, 2.05) is 104 Å². The SMILES string of the molecule is CCOP(=O)(CCC(C(C)=NC(c1ccccc1)c1ccccc1)P(=O)(c1ccccc1)c1ccccc1)OCC. The fourth-order valence-electron chi connectivity index (χ4n) is 5.20. The minimum absolute atomic E-state index is 0.136. The summed E-state index contributed by atoms with van der Waals surface area (Å²) in [6.45, 7) is 6.11. The lowest BCUT2D eigenvalue weighted by atomic mass is 9.99. The summed E-state index contributed by atoms with van der Waals surface area (Å²) in [6, 6.07) is 39.2. The van der Waals surface area contributed by atoms with E-state index in [1.165, 1.54) is 0 Å². The number of benzene rings is 4. The van der Waals surface area contributed by atoms with E-state index in [-0.39, 0.29) is 25.4 Å². The quantitative estimate of drug-likeness (QED) is 0.110. The topological polar surface area (TPSA) is 65.0 Å². The van der Waals surface area contributed by atoms with E-state index in [4.69, 9.17) is 14.0 Å². The Morgan fingerprint density at radius 1 is 0.659 bits per heavy atom. The highest BCUT2D eigenvalue weighted by molar-refractivity contribution is 7.80. The maximum atomic E-state index is 15.6. The third-order valence-corrected chi connectivity index (χ3v) is 12.8. The maximum Gasteiger partial charge on any atom is 0.330 e. The molecule has 0 aromatic heterocycles. The van der Waals surface area contributed by atoms with Gasteiger partial charge in [0.2, 0.25) is 0 Å². The number of rotatable bonds is 14. The highest BCUT2D eigenvalue weighted by atomic mass is 31.2. The van der Waals surface area contributed by atoms with E-state index in [2.05, 4.69) is 24.3 Å². The summed E-state index contributed by atoms with van der Waals surface area (Å²) < 4.78 is 40.5. The summed E-state index contributed by atoms with van der Waals surface area (Å²) >= 11 is 0. The molecule has 0 bridgehead atoms. The predicted octanol–water partition coefficient (Wildman–Crippen LogP) is 8.28. The number of hydrogen-bond acceptors (Lipinski definition) is 5. The van der Waals surface area contributed by atoms with Gasteiger partial charge in [0.25, 0.3) is 0 Å². The molecule has 0 saturated carbocycles. The van der Waals surface area contributed by atoms with Crippen molar-refractivity contribution in [2.75, 3.05) is 19.4 Å². The molecule has 0 aliphatic carbocycles. The largest absolute Gasteiger partial charge is 0.330 e. The highest BCUT2D eigenvalue weighted by Gasteiger charge is 2.40. The second kappa shape index (κ2) is 14.7. The van der Waals surface area contributed by atoms with Crippen molar-refractivity contribution in [1.29, 1.82) is 0 Å². The standard InChI is InChI=1S/C34H39NO4P2/c1-4-38-40(36,39-5-2)27-26-33(41(37,31-22-14-8-15-23-31)32-24-16-9-17-25-32)28(3)35-34(29-18-10-6-11-19-29)30-20-12-7-13-21-30/h6-25,33-34H,4-5,26-27H2,1-3H3. The summed E-state index contributed by atoms with van der Waals surface area (Å²) in [5.74, 6) is 0. The van der Waals surface area contributed by atoms with Crippen LogP contribution >= 0.6 is 14.7 Å². The number of nitrogens with zero attached hydrogens (tertiary/aromatic N) is 1. The maximum absolute atomic E-state index is 15.6. The summed E-state index contributed by atoms with van der Waals surface area (Å²) in [4.78, 5) is 5.30. The Balaban J connectivity index is 1.89. The van der Waals surface area contributed by atoms with Gasteiger partial charge in [-0.25, -0.2) is 0 Å². The monoisotopic (exact) mass is 587 g/mol. The van der Waals surface area contributed by atoms with Gasteiger partial charge in [0.1, 0.15) is 0 Å². The minimum Gasteiger partial charge on any atom is -0.313 e. The summed E-state index contributed by atoms with van der Waals surface area (Å²) in [5, 5.41) is 1.48. The molecule has 1 atom stereocenters. The summed E-state index contributed by atoms with van der Waals surface area (Å²) in [7, 11) is -6.71. The number of aliphatic imine (C=N–C) groups is 1. The molecular weight excluding hydrogens is 548 g/mol. The van der Waals surface area contributed by atoms with E-state index >= 15 is 4.57 Å². The molecule has 1 unspecified atom stereocenters. The zero-order chi connectivity index (χ0) is 29.1. The zero-order valence-corrected chi connectivity index (χ0v) is 25.8. The van der Waals surface area contributed by atoms with E-state index in [0.29, 0.717) is 6.42 Å². The molecule has 214 valence electrons. The Kier molecular flexibility index (Phi) is 11.1. The van der Waals surface area contributed by atoms with Crippen LogP contribution in [0.15, 0.2) is 126 Å². The van der Waals surface area contributed by atoms with Crippen LogP contribution in [0.4, 0.5) is 0 Å². The van der Waals surface area contributed by atoms with E-state index in [1.54, 1.807) is 13.8 Å². The molecule has 4 aromatic carbocycles. The Hall–Kier alpha value is -3.07. The van der Waals surface area contributed by atoms with Crippen LogP contribution in [-0.2, 0) is 18.2 Å². The van der Waals surface area contributed by atoms with E-state index in [9.17, 15) is 4.57 Å². The van der Waals surface area contributed by atoms with Crippen molar-refractivity contribution in [2.24, 2.45) is 4.99 Å². The molecule has 0 amide bonds. The normalized spacial score (nSPS) is 13.3. The molecule has 4 rings (SSSR count). The van der Waals surface area contributed by atoms with Gasteiger partial charge in [0, 0.05) is 16.3 Å². The minimum atomic E-state index is -3.39. The molecule has 4 aromatic rings. The molecule has 0 fully saturated rings. The fourth-order valence-corrected chi connectivity index (χ4v) is 10.4. The van der Waals surface area contributed by atoms with Crippen molar-refractivity contribution in [2.45, 2.75) is 38.9 Å². The first-order valence-corrected chi connectivity index (χ1v) is 17.6. The molecule has 41 heavy (non-hydrogen) atoms. The van der Waals surface area contributed by atoms with E-state index in [0.717, 1.165) is 27.4 Å². The van der Waals surface area contributed by atoms with Crippen LogP contribution in [0, 0.1) is 0 Å². The molecule has 5 nitrogen and oxygen atoms in total. The lowest BCUT2D eigenvalue weighted by molar-refractivity contribution is 0.220. The predicted molar refractivity (Wildman–Crippen MR) is 172 cm³/mol. The fraction of sp³-hybridized carbons (Fsp3) is 0.265. The molecule has 0 saturated heterocycles. The second-order valence-corrected chi connectivity index (χ2v) is 15.0. The Morgan fingerprint density at radius 3 is 1.44 bits per heavy atom. The van der Waals surface area contributed by atoms with Gasteiger partial charge in [-0.1, -0.05) is 121 Å². The summed E-state index contributed by atoms with van der Waals surface area (Å²) in [6.07, 6.45) is 0.460. The van der Waals surface area contributed by atoms with Crippen LogP contribution < -0.4 is 10.6 Å². The van der Waals surface area contributed by atoms with Crippen LogP contribution in [0.3, 0.4) is 0 Å². The molecular formula is C34H39NO4P2. The average molecular weight is 588 g/mol. The molecule has 0 spiro atoms. The van der Waals surface area contributed by atoms with Gasteiger partial charge in [-0.05, 0) is 38.3 Å². The third-order valence-electron chi connectivity index (χ3n) is 7.09. The Bertz CT molecular complexity index is 1390. The van der Waals surface area contributed by atoms with Crippen LogP contribution in [0.1, 0.15) is 44.4 Å². The zero-order valence-electron chi connectivity index (χ0n) is 24.0. The van der Waals surface area contributed by atoms with Gasteiger partial charge >= 0.3 is 7.60 Å². The van der Waals surface area contributed by atoms with Gasteiger partial charge in [-0.15, -0.1) is 0 Å². The van der Waals surface area contributed by atoms with Crippen molar-refractivity contribution < 1.29 is 18.2 Å². The van der Waals surface area contributed by atoms with Gasteiger partial charge in [-0.2, -0.15) is 0 Å². The van der Waals surface area contributed by atoms with Crippen molar-refractivity contribution >= 4 is 31.1 Å². The van der Waals surface area contributed by atoms with Gasteiger partial charge in [-0.3, -0.25) is 9.56 Å². The smallest absolute Gasteiger partial charge is 0.313 e. The Morgan fingerprint density at radius 2 is 1.05 bits per heavy atom. The first kappa shape index (κ1) is 30.9. The molecule has 0 N–H and O–H groups in total. The molecule has 0 heterocycles. The average Bonchev–Trinajstić information content (AvgIpc) is 3.01. The second-order valence-electron chi connectivity index (χ2n) is 9.80. The van der Waals surface area contributed by atoms with Crippen LogP contribution in [0.25, 0.3) is 0 Å². The first-order chi connectivity index (χ1) is 19.9. The first-order valence-electron chi connectivity index (χ1n) is 14.1. The van der Waals surface area contributed by atoms with Crippen LogP contribution in [0.2, 0.25) is 0 Å². The van der Waals surface area contributed by atoms with Crippen LogP contribution in [-0.4, -0.2) is 30.7 Å². The van der Waals surface area contributed by atoms with Gasteiger partial charge in [0.05, 0.1) is 31.1 Å². The van der Waals surface area contributed by atoms with Gasteiger partial charge in [0.15, 0.2) is 7.14 Å². The Labute approximate surface area is 244 Å². The molecule has 0 radical (unpaired) electrons. The lowest BCUT2D eigenvalue weighted by Gasteiger charge is -2.31. The number of hydrogen-bond donors (Lipinski definition) is 0. The van der Waals surface area contributed by atoms with Crippen molar-refractivity contribution in [3.63, 3.8) is 0 Å². The lowest BCUT2D eigenvalue weighted by Crippen LogP contribution is -2.32. The van der Waals surface area contributed by atoms with Crippen molar-refractivity contribution in [3.05, 3.63) is 132 Å². The molecule has 7 heteroatoms. The van der Waals surface area contributed by atoms with E-state index < -0.39 is 20.4 Å². The molecule has 0 aliphatic heterocycles. The molecule has 0 aliphatic rings. The van der Waals surface area contributed by atoms with Crippen molar-refractivity contribution in [3.8, 4) is 0 Å². The van der Waals surface area contributed by atoms with Crippen molar-refractivity contribution in [1.82, 2.24) is 0 Å².